The zero-order valence-electron chi connectivity index (χ0n) is 14.2. The number of carbonyl (C=O) groups is 2. The number of amides is 1. The van der Waals surface area contributed by atoms with Gasteiger partial charge in [0, 0.05) is 5.69 Å². The molecular weight excluding hydrogens is 388 g/mol. The van der Waals surface area contributed by atoms with Crippen molar-refractivity contribution in [1.29, 1.82) is 0 Å². The Hall–Kier alpha value is -2.78. The molecule has 2 N–H and O–H groups in total. The highest BCUT2D eigenvalue weighted by Gasteiger charge is 2.11. The number of rotatable bonds is 7. The first-order valence-corrected chi connectivity index (χ1v) is 9.77. The Kier molecular flexibility index (Phi) is 5.82. The molecule has 140 valence electrons. The molecule has 0 aliphatic heterocycles. The van der Waals surface area contributed by atoms with E-state index in [1.54, 1.807) is 0 Å². The fraction of sp³-hybridized carbons (Fsp3) is 0.167. The average molecular weight is 403 g/mol. The van der Waals surface area contributed by atoms with Gasteiger partial charge in [-0.3, -0.25) is 4.79 Å². The van der Waals surface area contributed by atoms with Crippen molar-refractivity contribution in [3.63, 3.8) is 0 Å². The van der Waals surface area contributed by atoms with E-state index in [0.29, 0.717) is 6.61 Å². The lowest BCUT2D eigenvalue weighted by Crippen LogP contribution is -2.15. The fourth-order valence-corrected chi connectivity index (χ4v) is 4.20. The molecule has 9 heteroatoms. The Bertz CT molecular complexity index is 1000. The molecule has 3 aromatic rings. The monoisotopic (exact) mass is 403 g/mol. The van der Waals surface area contributed by atoms with E-state index in [1.807, 2.05) is 25.1 Å². The van der Waals surface area contributed by atoms with Crippen LogP contribution in [0.2, 0.25) is 0 Å². The lowest BCUT2D eigenvalue weighted by Gasteiger charge is -2.12. The maximum absolute atomic E-state index is 12.1. The van der Waals surface area contributed by atoms with Gasteiger partial charge in [0.25, 0.3) is 0 Å². The minimum Gasteiger partial charge on any atom is -0.872 e. The molecule has 0 fully saturated rings. The number of carboxylic acid groups (broad SMARTS) is 1. The number of aromatic carboxylic acids is 1. The first-order valence-electron chi connectivity index (χ1n) is 7.96. The number of thiazole rings is 1. The van der Waals surface area contributed by atoms with Gasteiger partial charge >= 0.3 is 5.97 Å². The van der Waals surface area contributed by atoms with E-state index < -0.39 is 11.7 Å². The summed E-state index contributed by atoms with van der Waals surface area (Å²) in [6, 6.07) is 9.30. The van der Waals surface area contributed by atoms with Crippen LogP contribution in [0.15, 0.2) is 40.7 Å². The first-order chi connectivity index (χ1) is 13.0. The molecule has 0 bridgehead atoms. The van der Waals surface area contributed by atoms with Crippen molar-refractivity contribution >= 4 is 50.9 Å². The number of benzene rings is 2. The summed E-state index contributed by atoms with van der Waals surface area (Å²) in [6.45, 7) is 2.50. The maximum atomic E-state index is 12.1. The molecule has 0 saturated carbocycles. The number of carbonyl (C=O) groups excluding carboxylic acids is 1. The van der Waals surface area contributed by atoms with Crippen LogP contribution in [0.3, 0.4) is 0 Å². The number of aromatic nitrogens is 1. The Balaban J connectivity index is 1.63. The van der Waals surface area contributed by atoms with E-state index in [-0.39, 0.29) is 22.9 Å². The number of carboxylic acids is 1. The Morgan fingerprint density at radius 3 is 2.85 bits per heavy atom. The van der Waals surface area contributed by atoms with Crippen molar-refractivity contribution in [3.8, 4) is 11.5 Å². The largest absolute Gasteiger partial charge is 0.872 e. The minimum atomic E-state index is -1.33. The molecule has 2 aromatic carbocycles. The van der Waals surface area contributed by atoms with Crippen LogP contribution in [0, 0.1) is 0 Å². The summed E-state index contributed by atoms with van der Waals surface area (Å²) in [7, 11) is 0. The molecule has 1 amide bonds. The van der Waals surface area contributed by atoms with E-state index >= 15 is 0 Å². The first kappa shape index (κ1) is 19.0. The second-order valence-corrected chi connectivity index (χ2v) is 7.65. The van der Waals surface area contributed by atoms with Crippen molar-refractivity contribution in [2.45, 2.75) is 11.3 Å². The summed E-state index contributed by atoms with van der Waals surface area (Å²) in [6.07, 6.45) is 0. The van der Waals surface area contributed by atoms with Crippen LogP contribution in [0.25, 0.3) is 10.2 Å². The number of ether oxygens (including phenoxy) is 1. The predicted molar refractivity (Wildman–Crippen MR) is 103 cm³/mol. The van der Waals surface area contributed by atoms with Gasteiger partial charge in [-0.1, -0.05) is 23.6 Å². The summed E-state index contributed by atoms with van der Waals surface area (Å²) >= 11 is 2.75. The summed E-state index contributed by atoms with van der Waals surface area (Å²) in [5, 5.41) is 23.0. The highest BCUT2D eigenvalue weighted by molar-refractivity contribution is 8.01. The van der Waals surface area contributed by atoms with Crippen LogP contribution in [0.5, 0.6) is 11.5 Å². The van der Waals surface area contributed by atoms with Crippen LogP contribution < -0.4 is 15.2 Å². The van der Waals surface area contributed by atoms with E-state index in [0.717, 1.165) is 32.4 Å². The third-order valence-corrected chi connectivity index (χ3v) is 5.63. The third-order valence-electron chi connectivity index (χ3n) is 3.47. The molecule has 27 heavy (non-hydrogen) atoms. The SMILES string of the molecule is CCOc1ccc2nc(SCC(=O)Nc3ccc([O-])c(C(=O)O)c3)sc2c1. The third kappa shape index (κ3) is 4.69. The average Bonchev–Trinajstić information content (AvgIpc) is 3.04. The Morgan fingerprint density at radius 1 is 1.30 bits per heavy atom. The normalized spacial score (nSPS) is 10.7. The topological polar surface area (TPSA) is 112 Å². The van der Waals surface area contributed by atoms with E-state index in [4.69, 9.17) is 9.84 Å². The van der Waals surface area contributed by atoms with Gasteiger partial charge in [0.2, 0.25) is 5.91 Å². The molecule has 0 radical (unpaired) electrons. The van der Waals surface area contributed by atoms with E-state index in [1.165, 1.54) is 29.2 Å². The van der Waals surface area contributed by atoms with Crippen LogP contribution in [-0.4, -0.2) is 34.3 Å². The molecule has 0 saturated heterocycles. The number of fused-ring (bicyclic) bond motifs is 1. The molecule has 7 nitrogen and oxygen atoms in total. The van der Waals surface area contributed by atoms with Gasteiger partial charge < -0.3 is 20.3 Å². The Labute approximate surface area is 163 Å². The van der Waals surface area contributed by atoms with Gasteiger partial charge in [-0.25, -0.2) is 9.78 Å². The number of nitrogens with zero attached hydrogens (tertiary/aromatic N) is 1. The zero-order chi connectivity index (χ0) is 19.4. The molecule has 1 heterocycles. The van der Waals surface area contributed by atoms with Crippen molar-refractivity contribution in [2.75, 3.05) is 17.7 Å². The molecule has 0 aliphatic rings. The molecule has 0 unspecified atom stereocenters. The maximum Gasteiger partial charge on any atom is 0.335 e. The van der Waals surface area contributed by atoms with E-state index in [9.17, 15) is 14.7 Å². The highest BCUT2D eigenvalue weighted by Crippen LogP contribution is 2.32. The quantitative estimate of drug-likeness (QED) is 0.583. The van der Waals surface area contributed by atoms with Crippen molar-refractivity contribution in [1.82, 2.24) is 4.98 Å². The predicted octanol–water partition coefficient (Wildman–Crippen LogP) is 3.20. The van der Waals surface area contributed by atoms with Gasteiger partial charge in [0.15, 0.2) is 4.34 Å². The van der Waals surface area contributed by atoms with Crippen LogP contribution in [0.4, 0.5) is 5.69 Å². The van der Waals surface area contributed by atoms with Gasteiger partial charge in [-0.2, -0.15) is 0 Å². The number of hydrogen-bond acceptors (Lipinski definition) is 7. The molecule has 3 rings (SSSR count). The summed E-state index contributed by atoms with van der Waals surface area (Å²) in [5.74, 6) is -1.36. The molecule has 0 spiro atoms. The summed E-state index contributed by atoms with van der Waals surface area (Å²) in [5.41, 5.74) is 0.725. The van der Waals surface area contributed by atoms with Crippen LogP contribution >= 0.6 is 23.1 Å². The minimum absolute atomic E-state index is 0.111. The van der Waals surface area contributed by atoms with Gasteiger partial charge in [-0.15, -0.1) is 11.3 Å². The van der Waals surface area contributed by atoms with Crippen LogP contribution in [-0.2, 0) is 4.79 Å². The molecule has 1 aromatic heterocycles. The van der Waals surface area contributed by atoms with Gasteiger partial charge in [-0.05, 0) is 37.3 Å². The Morgan fingerprint density at radius 2 is 2.11 bits per heavy atom. The summed E-state index contributed by atoms with van der Waals surface area (Å²) < 4.78 is 7.19. The number of hydrogen-bond donors (Lipinski definition) is 2. The van der Waals surface area contributed by atoms with Crippen molar-refractivity contribution in [2.24, 2.45) is 0 Å². The van der Waals surface area contributed by atoms with Crippen molar-refractivity contribution in [3.05, 3.63) is 42.0 Å². The molecule has 0 aliphatic carbocycles. The second-order valence-electron chi connectivity index (χ2n) is 5.40. The lowest BCUT2D eigenvalue weighted by atomic mass is 10.2. The number of nitrogens with one attached hydrogen (secondary N) is 1. The lowest BCUT2D eigenvalue weighted by molar-refractivity contribution is -0.268. The number of anilines is 1. The standard InChI is InChI=1S/C18H16N2O5S2/c1-2-25-11-4-5-13-15(8-11)27-18(20-13)26-9-16(22)19-10-3-6-14(21)12(7-10)17(23)24/h3-8,21H,2,9H2,1H3,(H,19,22)(H,23,24)/p-1. The second kappa shape index (κ2) is 8.28. The highest BCUT2D eigenvalue weighted by atomic mass is 32.2. The zero-order valence-corrected chi connectivity index (χ0v) is 15.9. The number of thioether (sulfide) groups is 1. The molecule has 0 atom stereocenters. The summed E-state index contributed by atoms with van der Waals surface area (Å²) in [4.78, 5) is 27.6. The van der Waals surface area contributed by atoms with Crippen molar-refractivity contribution < 1.29 is 24.5 Å². The van der Waals surface area contributed by atoms with Gasteiger partial charge in [0.1, 0.15) is 5.75 Å². The molecular formula is C18H15N2O5S2-. The van der Waals surface area contributed by atoms with E-state index in [2.05, 4.69) is 10.3 Å². The van der Waals surface area contributed by atoms with Gasteiger partial charge in [0.05, 0.1) is 28.1 Å². The van der Waals surface area contributed by atoms with Crippen LogP contribution in [0.1, 0.15) is 17.3 Å². The fourth-order valence-electron chi connectivity index (χ4n) is 2.30. The smallest absolute Gasteiger partial charge is 0.335 e.